The zero-order chi connectivity index (χ0) is 12.3. The van der Waals surface area contributed by atoms with Crippen molar-refractivity contribution in [2.75, 3.05) is 18.4 Å². The van der Waals surface area contributed by atoms with E-state index in [2.05, 4.69) is 26.6 Å². The molecule has 0 saturated carbocycles. The van der Waals surface area contributed by atoms with Crippen molar-refractivity contribution in [1.82, 2.24) is 5.32 Å². The van der Waals surface area contributed by atoms with Gasteiger partial charge in [-0.15, -0.1) is 0 Å². The Kier molecular flexibility index (Phi) is 3.96. The Morgan fingerprint density at radius 2 is 2.35 bits per heavy atom. The Hall–Kier alpha value is -1.14. The highest BCUT2D eigenvalue weighted by molar-refractivity contribution is 9.10. The SMILES string of the molecule is O=[N+]([O-])c1cc(NC2CCCNC2)ccc1Br. The highest BCUT2D eigenvalue weighted by Gasteiger charge is 2.16. The molecule has 1 aromatic rings. The van der Waals surface area contributed by atoms with E-state index in [9.17, 15) is 10.1 Å². The minimum atomic E-state index is -0.381. The van der Waals surface area contributed by atoms with Gasteiger partial charge in [-0.1, -0.05) is 0 Å². The summed E-state index contributed by atoms with van der Waals surface area (Å²) in [5.41, 5.74) is 0.896. The van der Waals surface area contributed by atoms with Crippen molar-refractivity contribution in [2.24, 2.45) is 0 Å². The predicted octanol–water partition coefficient (Wildman–Crippen LogP) is 2.52. The topological polar surface area (TPSA) is 67.2 Å². The van der Waals surface area contributed by atoms with E-state index in [1.54, 1.807) is 12.1 Å². The highest BCUT2D eigenvalue weighted by Crippen LogP contribution is 2.28. The van der Waals surface area contributed by atoms with Gasteiger partial charge >= 0.3 is 0 Å². The van der Waals surface area contributed by atoms with Crippen LogP contribution >= 0.6 is 15.9 Å². The number of nitro benzene ring substituents is 1. The third-order valence-corrected chi connectivity index (χ3v) is 3.48. The maximum absolute atomic E-state index is 10.8. The summed E-state index contributed by atoms with van der Waals surface area (Å²) in [4.78, 5) is 10.4. The second kappa shape index (κ2) is 5.46. The lowest BCUT2D eigenvalue weighted by Crippen LogP contribution is -2.38. The Balaban J connectivity index is 2.10. The molecular weight excluding hydrogens is 286 g/mol. The van der Waals surface area contributed by atoms with Gasteiger partial charge in [-0.2, -0.15) is 0 Å². The number of halogens is 1. The number of hydrogen-bond donors (Lipinski definition) is 2. The van der Waals surface area contributed by atoms with Crippen LogP contribution in [0.25, 0.3) is 0 Å². The van der Waals surface area contributed by atoms with Gasteiger partial charge in [0.05, 0.1) is 9.40 Å². The number of nitrogens with one attached hydrogen (secondary N) is 2. The molecule has 0 aliphatic carbocycles. The molecule has 1 heterocycles. The van der Waals surface area contributed by atoms with Crippen LogP contribution < -0.4 is 10.6 Å². The van der Waals surface area contributed by atoms with E-state index in [4.69, 9.17) is 0 Å². The van der Waals surface area contributed by atoms with Crippen LogP contribution in [-0.4, -0.2) is 24.1 Å². The van der Waals surface area contributed by atoms with E-state index in [0.29, 0.717) is 10.5 Å². The van der Waals surface area contributed by atoms with Crippen molar-refractivity contribution in [3.05, 3.63) is 32.8 Å². The summed E-state index contributed by atoms with van der Waals surface area (Å²) in [5.74, 6) is 0. The highest BCUT2D eigenvalue weighted by atomic mass is 79.9. The molecule has 0 bridgehead atoms. The number of piperidine rings is 1. The number of hydrogen-bond acceptors (Lipinski definition) is 4. The molecule has 1 aliphatic rings. The minimum absolute atomic E-state index is 0.0961. The summed E-state index contributed by atoms with van der Waals surface area (Å²) in [6.45, 7) is 1.96. The van der Waals surface area contributed by atoms with Gasteiger partial charge in [0.1, 0.15) is 0 Å². The first-order valence-corrected chi connectivity index (χ1v) is 6.37. The second-order valence-electron chi connectivity index (χ2n) is 4.11. The van der Waals surface area contributed by atoms with Gasteiger partial charge in [-0.25, -0.2) is 0 Å². The van der Waals surface area contributed by atoms with Gasteiger partial charge < -0.3 is 10.6 Å². The van der Waals surface area contributed by atoms with Crippen molar-refractivity contribution in [2.45, 2.75) is 18.9 Å². The van der Waals surface area contributed by atoms with Crippen molar-refractivity contribution in [3.63, 3.8) is 0 Å². The largest absolute Gasteiger partial charge is 0.381 e. The Morgan fingerprint density at radius 1 is 1.53 bits per heavy atom. The molecule has 0 aromatic heterocycles. The Bertz CT molecular complexity index is 419. The molecule has 2 N–H and O–H groups in total. The second-order valence-corrected chi connectivity index (χ2v) is 4.97. The molecule has 0 radical (unpaired) electrons. The summed E-state index contributed by atoms with van der Waals surface area (Å²) in [6.07, 6.45) is 2.23. The van der Waals surface area contributed by atoms with Gasteiger partial charge in [0, 0.05) is 24.3 Å². The molecule has 5 nitrogen and oxygen atoms in total. The van der Waals surface area contributed by atoms with E-state index >= 15 is 0 Å². The maximum atomic E-state index is 10.8. The van der Waals surface area contributed by atoms with Crippen LogP contribution in [0, 0.1) is 10.1 Å². The standard InChI is InChI=1S/C11H14BrN3O2/c12-10-4-3-8(6-11(10)15(16)17)14-9-2-1-5-13-7-9/h3-4,6,9,13-14H,1-2,5,7H2. The molecule has 92 valence electrons. The Morgan fingerprint density at radius 3 is 3.00 bits per heavy atom. The Labute approximate surface area is 108 Å². The summed E-state index contributed by atoms with van der Waals surface area (Å²) >= 11 is 3.17. The lowest BCUT2D eigenvalue weighted by atomic mass is 10.1. The van der Waals surface area contributed by atoms with Gasteiger partial charge in [-0.05, 0) is 47.4 Å². The monoisotopic (exact) mass is 299 g/mol. The molecule has 0 spiro atoms. The first-order chi connectivity index (χ1) is 8.16. The van der Waals surface area contributed by atoms with E-state index in [0.717, 1.165) is 31.6 Å². The van der Waals surface area contributed by atoms with Crippen molar-refractivity contribution in [1.29, 1.82) is 0 Å². The van der Waals surface area contributed by atoms with Crippen molar-refractivity contribution < 1.29 is 4.92 Å². The molecule has 1 fully saturated rings. The molecular formula is C11H14BrN3O2. The average Bonchev–Trinajstić information content (AvgIpc) is 2.32. The van der Waals surface area contributed by atoms with Crippen LogP contribution in [0.4, 0.5) is 11.4 Å². The smallest absolute Gasteiger partial charge is 0.285 e. The molecule has 1 aromatic carbocycles. The maximum Gasteiger partial charge on any atom is 0.285 e. The summed E-state index contributed by atoms with van der Waals surface area (Å²) in [7, 11) is 0. The predicted molar refractivity (Wildman–Crippen MR) is 70.3 cm³/mol. The van der Waals surface area contributed by atoms with E-state index < -0.39 is 0 Å². The van der Waals surface area contributed by atoms with E-state index in [-0.39, 0.29) is 10.6 Å². The zero-order valence-corrected chi connectivity index (χ0v) is 10.9. The van der Waals surface area contributed by atoms with Gasteiger partial charge in [-0.3, -0.25) is 10.1 Å². The van der Waals surface area contributed by atoms with Crippen molar-refractivity contribution >= 4 is 27.3 Å². The summed E-state index contributed by atoms with van der Waals surface area (Å²) in [5, 5.41) is 17.4. The molecule has 2 rings (SSSR count). The fourth-order valence-corrected chi connectivity index (χ4v) is 2.34. The molecule has 1 aliphatic heterocycles. The lowest BCUT2D eigenvalue weighted by molar-refractivity contribution is -0.385. The summed E-state index contributed by atoms with van der Waals surface area (Å²) < 4.78 is 0.509. The van der Waals surface area contributed by atoms with Crippen molar-refractivity contribution in [3.8, 4) is 0 Å². The first kappa shape index (κ1) is 12.3. The van der Waals surface area contributed by atoms with Crippen LogP contribution in [0.5, 0.6) is 0 Å². The molecule has 1 unspecified atom stereocenters. The quantitative estimate of drug-likeness (QED) is 0.665. The van der Waals surface area contributed by atoms with Crippen LogP contribution in [0.2, 0.25) is 0 Å². The van der Waals surface area contributed by atoms with Crippen LogP contribution in [-0.2, 0) is 0 Å². The normalized spacial score (nSPS) is 19.9. The number of benzene rings is 1. The van der Waals surface area contributed by atoms with E-state index in [1.807, 2.05) is 6.07 Å². The van der Waals surface area contributed by atoms with Gasteiger partial charge in [0.2, 0.25) is 0 Å². The van der Waals surface area contributed by atoms with Crippen LogP contribution in [0.1, 0.15) is 12.8 Å². The van der Waals surface area contributed by atoms with Crippen LogP contribution in [0.15, 0.2) is 22.7 Å². The molecule has 0 amide bonds. The molecule has 1 atom stereocenters. The first-order valence-electron chi connectivity index (χ1n) is 5.58. The molecule has 6 heteroatoms. The zero-order valence-electron chi connectivity index (χ0n) is 9.28. The third kappa shape index (κ3) is 3.17. The molecule has 1 saturated heterocycles. The average molecular weight is 300 g/mol. The number of rotatable bonds is 3. The van der Waals surface area contributed by atoms with E-state index in [1.165, 1.54) is 0 Å². The van der Waals surface area contributed by atoms with Crippen LogP contribution in [0.3, 0.4) is 0 Å². The molecule has 17 heavy (non-hydrogen) atoms. The third-order valence-electron chi connectivity index (χ3n) is 2.81. The van der Waals surface area contributed by atoms with Gasteiger partial charge in [0.25, 0.3) is 5.69 Å². The number of nitro groups is 1. The summed E-state index contributed by atoms with van der Waals surface area (Å²) in [6, 6.07) is 5.48. The fraction of sp³-hybridized carbons (Fsp3) is 0.455. The fourth-order valence-electron chi connectivity index (χ4n) is 1.95. The number of nitrogens with zero attached hydrogens (tertiary/aromatic N) is 1. The lowest BCUT2D eigenvalue weighted by Gasteiger charge is -2.24. The minimum Gasteiger partial charge on any atom is -0.381 e. The number of anilines is 1. The van der Waals surface area contributed by atoms with Gasteiger partial charge in [0.15, 0.2) is 0 Å².